The minimum atomic E-state index is -1.27. The number of carbonyl (C=O) groups excluding carboxylic acids is 1. The van der Waals surface area contributed by atoms with Crippen molar-refractivity contribution < 1.29 is 24.0 Å². The van der Waals surface area contributed by atoms with Crippen LogP contribution in [0.2, 0.25) is 0 Å². The summed E-state index contributed by atoms with van der Waals surface area (Å²) < 4.78 is 13.3. The average molecular weight is 271 g/mol. The summed E-state index contributed by atoms with van der Waals surface area (Å²) in [6.07, 6.45) is 0. The van der Waals surface area contributed by atoms with Crippen molar-refractivity contribution in [1.82, 2.24) is 5.32 Å². The minimum absolute atomic E-state index is 0.400. The third-order valence-corrected chi connectivity index (χ3v) is 2.13. The van der Waals surface area contributed by atoms with Crippen molar-refractivity contribution in [2.45, 2.75) is 13.0 Å². The quantitative estimate of drug-likeness (QED) is 0.563. The summed E-state index contributed by atoms with van der Waals surface area (Å²) in [6.45, 7) is 1.21. The van der Waals surface area contributed by atoms with Crippen molar-refractivity contribution in [2.75, 3.05) is 5.32 Å². The molecule has 0 fully saturated rings. The largest absolute Gasteiger partial charge is 0.480 e. The predicted octanol–water partition coefficient (Wildman–Crippen LogP) is 1.33. The topological polar surface area (TPSA) is 122 Å². The van der Waals surface area contributed by atoms with Gasteiger partial charge in [-0.3, -0.25) is 14.9 Å². The lowest BCUT2D eigenvalue weighted by Crippen LogP contribution is -2.41. The number of aliphatic carboxylic acids is 1. The number of nitro benzene ring substituents is 1. The molecule has 0 saturated heterocycles. The maximum atomic E-state index is 13.3. The number of rotatable bonds is 4. The summed E-state index contributed by atoms with van der Waals surface area (Å²) in [5, 5.41) is 23.1. The van der Waals surface area contributed by atoms with Crippen molar-refractivity contribution in [1.29, 1.82) is 0 Å². The van der Waals surface area contributed by atoms with E-state index in [1.165, 1.54) is 6.92 Å². The van der Waals surface area contributed by atoms with Crippen LogP contribution >= 0.6 is 0 Å². The van der Waals surface area contributed by atoms with Gasteiger partial charge in [0.15, 0.2) is 0 Å². The molecule has 0 aliphatic rings. The fourth-order valence-corrected chi connectivity index (χ4v) is 1.14. The molecule has 0 radical (unpaired) electrons. The second-order valence-corrected chi connectivity index (χ2v) is 3.58. The molecule has 0 aliphatic heterocycles. The molecule has 1 rings (SSSR count). The SMILES string of the molecule is CC(NC(=O)Nc1cc([N+](=O)[O-])ccc1F)C(=O)O. The molecule has 1 aromatic carbocycles. The van der Waals surface area contributed by atoms with Gasteiger partial charge in [0.1, 0.15) is 11.9 Å². The zero-order chi connectivity index (χ0) is 14.6. The summed E-state index contributed by atoms with van der Waals surface area (Å²) in [7, 11) is 0. The van der Waals surface area contributed by atoms with E-state index in [2.05, 4.69) is 0 Å². The van der Waals surface area contributed by atoms with E-state index in [4.69, 9.17) is 5.11 Å². The number of benzene rings is 1. The zero-order valence-corrected chi connectivity index (χ0v) is 9.71. The molecule has 2 amide bonds. The molecule has 0 heterocycles. The highest BCUT2D eigenvalue weighted by atomic mass is 19.1. The van der Waals surface area contributed by atoms with E-state index in [1.54, 1.807) is 0 Å². The molecule has 8 nitrogen and oxygen atoms in total. The summed E-state index contributed by atoms with van der Waals surface area (Å²) in [5.41, 5.74) is -0.813. The van der Waals surface area contributed by atoms with Crippen LogP contribution in [0, 0.1) is 15.9 Å². The molecule has 0 spiro atoms. The molecule has 0 aromatic heterocycles. The Balaban J connectivity index is 2.81. The van der Waals surface area contributed by atoms with Gasteiger partial charge in [0, 0.05) is 12.1 Å². The normalized spacial score (nSPS) is 11.5. The number of nitro groups is 1. The molecular formula is C10H10FN3O5. The lowest BCUT2D eigenvalue weighted by atomic mass is 10.2. The highest BCUT2D eigenvalue weighted by Gasteiger charge is 2.16. The monoisotopic (exact) mass is 271 g/mol. The smallest absolute Gasteiger partial charge is 0.325 e. The van der Waals surface area contributed by atoms with Gasteiger partial charge < -0.3 is 15.7 Å². The standard InChI is InChI=1S/C10H10FN3O5/c1-5(9(15)16)12-10(17)13-8-4-6(14(18)19)2-3-7(8)11/h2-5H,1H3,(H,15,16)(H2,12,13,17). The highest BCUT2D eigenvalue weighted by molar-refractivity contribution is 5.92. The fourth-order valence-electron chi connectivity index (χ4n) is 1.14. The van der Waals surface area contributed by atoms with Crippen LogP contribution in [-0.4, -0.2) is 28.1 Å². The van der Waals surface area contributed by atoms with Crippen molar-refractivity contribution in [3.8, 4) is 0 Å². The maximum absolute atomic E-state index is 13.3. The number of non-ortho nitro benzene ring substituents is 1. The average Bonchev–Trinajstić information content (AvgIpc) is 2.31. The third-order valence-electron chi connectivity index (χ3n) is 2.13. The number of anilines is 1. The van der Waals surface area contributed by atoms with E-state index in [0.29, 0.717) is 0 Å². The predicted molar refractivity (Wildman–Crippen MR) is 62.3 cm³/mol. The fraction of sp³-hybridized carbons (Fsp3) is 0.200. The third kappa shape index (κ3) is 3.91. The van der Waals surface area contributed by atoms with Crippen LogP contribution in [0.1, 0.15) is 6.92 Å². The number of hydrogen-bond donors (Lipinski definition) is 3. The number of carbonyl (C=O) groups is 2. The van der Waals surface area contributed by atoms with Crippen LogP contribution < -0.4 is 10.6 Å². The molecule has 1 unspecified atom stereocenters. The van der Waals surface area contributed by atoms with Crippen molar-refractivity contribution >= 4 is 23.4 Å². The van der Waals surface area contributed by atoms with Gasteiger partial charge in [-0.25, -0.2) is 9.18 Å². The molecule has 3 N–H and O–H groups in total. The Morgan fingerprint density at radius 2 is 2.11 bits per heavy atom. The van der Waals surface area contributed by atoms with Gasteiger partial charge in [-0.2, -0.15) is 0 Å². The molecule has 0 bridgehead atoms. The van der Waals surface area contributed by atoms with Crippen LogP contribution in [0.15, 0.2) is 18.2 Å². The number of carboxylic acids is 1. The molecule has 19 heavy (non-hydrogen) atoms. The number of nitrogens with zero attached hydrogens (tertiary/aromatic N) is 1. The Hall–Kier alpha value is -2.71. The van der Waals surface area contributed by atoms with Gasteiger partial charge in [0.2, 0.25) is 0 Å². The van der Waals surface area contributed by atoms with Gasteiger partial charge in [-0.1, -0.05) is 0 Å². The first-order chi connectivity index (χ1) is 8.81. The maximum Gasteiger partial charge on any atom is 0.325 e. The molecule has 9 heteroatoms. The molecular weight excluding hydrogens is 261 g/mol. The Kier molecular flexibility index (Phi) is 4.35. The minimum Gasteiger partial charge on any atom is -0.480 e. The first-order valence-electron chi connectivity index (χ1n) is 5.05. The number of halogens is 1. The van der Waals surface area contributed by atoms with Crippen LogP contribution in [0.25, 0.3) is 0 Å². The van der Waals surface area contributed by atoms with Gasteiger partial charge in [0.25, 0.3) is 5.69 Å². The van der Waals surface area contributed by atoms with E-state index >= 15 is 0 Å². The van der Waals surface area contributed by atoms with Gasteiger partial charge >= 0.3 is 12.0 Å². The Morgan fingerprint density at radius 3 is 2.63 bits per heavy atom. The van der Waals surface area contributed by atoms with Gasteiger partial charge in [0.05, 0.1) is 10.6 Å². The summed E-state index contributed by atoms with van der Waals surface area (Å²) in [4.78, 5) is 31.6. The second-order valence-electron chi connectivity index (χ2n) is 3.58. The van der Waals surface area contributed by atoms with Crippen molar-refractivity contribution in [3.63, 3.8) is 0 Å². The highest BCUT2D eigenvalue weighted by Crippen LogP contribution is 2.20. The first kappa shape index (κ1) is 14.4. The summed E-state index contributed by atoms with van der Waals surface area (Å²) >= 11 is 0. The van der Waals surface area contributed by atoms with Gasteiger partial charge in [-0.15, -0.1) is 0 Å². The lowest BCUT2D eigenvalue weighted by Gasteiger charge is -2.11. The van der Waals surface area contributed by atoms with Crippen LogP contribution in [0.4, 0.5) is 20.6 Å². The van der Waals surface area contributed by atoms with E-state index in [1.807, 2.05) is 10.6 Å². The molecule has 102 valence electrons. The Bertz CT molecular complexity index is 534. The van der Waals surface area contributed by atoms with E-state index in [-0.39, 0.29) is 0 Å². The number of amides is 2. The lowest BCUT2D eigenvalue weighted by molar-refractivity contribution is -0.384. The second kappa shape index (κ2) is 5.76. The van der Waals surface area contributed by atoms with E-state index in [0.717, 1.165) is 18.2 Å². The number of urea groups is 1. The number of carboxylic acid groups (broad SMARTS) is 1. The zero-order valence-electron chi connectivity index (χ0n) is 9.71. The van der Waals surface area contributed by atoms with Gasteiger partial charge in [-0.05, 0) is 13.0 Å². The molecule has 1 atom stereocenters. The molecule has 1 aromatic rings. The summed E-state index contributed by atoms with van der Waals surface area (Å²) in [5.74, 6) is -2.14. The van der Waals surface area contributed by atoms with E-state index < -0.39 is 40.2 Å². The van der Waals surface area contributed by atoms with Crippen molar-refractivity contribution in [3.05, 3.63) is 34.1 Å². The molecule has 0 aliphatic carbocycles. The summed E-state index contributed by atoms with van der Waals surface area (Å²) in [6, 6.07) is 0.448. The molecule has 0 saturated carbocycles. The van der Waals surface area contributed by atoms with Crippen LogP contribution in [-0.2, 0) is 4.79 Å². The number of hydrogen-bond acceptors (Lipinski definition) is 4. The van der Waals surface area contributed by atoms with Crippen LogP contribution in [0.5, 0.6) is 0 Å². The first-order valence-corrected chi connectivity index (χ1v) is 5.05. The Morgan fingerprint density at radius 1 is 1.47 bits per heavy atom. The van der Waals surface area contributed by atoms with Crippen molar-refractivity contribution in [2.24, 2.45) is 0 Å². The Labute approximate surface area is 106 Å². The van der Waals surface area contributed by atoms with Crippen LogP contribution in [0.3, 0.4) is 0 Å². The number of nitrogens with one attached hydrogen (secondary N) is 2. The van der Waals surface area contributed by atoms with E-state index in [9.17, 15) is 24.1 Å².